The molecule has 0 aliphatic rings. The number of aromatic nitrogens is 2. The molecule has 1 radical (unpaired) electrons. The number of nitrogens with zero attached hydrogens (tertiary/aromatic N) is 2. The summed E-state index contributed by atoms with van der Waals surface area (Å²) in [6.07, 6.45) is 4.65. The maximum Gasteiger partial charge on any atom is 0.000455 e. The summed E-state index contributed by atoms with van der Waals surface area (Å²) in [5.41, 5.74) is 1.02. The van der Waals surface area contributed by atoms with Crippen LogP contribution in [0.2, 0.25) is 0 Å². The Labute approximate surface area is 62.6 Å². The van der Waals surface area contributed by atoms with Gasteiger partial charge in [0.25, 0.3) is 0 Å². The van der Waals surface area contributed by atoms with Crippen molar-refractivity contribution in [3.63, 3.8) is 0 Å². The molecule has 2 nitrogen and oxygen atoms in total. The Morgan fingerprint density at radius 2 is 2.38 bits per heavy atom. The Balaban J connectivity index is 0.000000490. The van der Waals surface area contributed by atoms with Crippen LogP contribution in [-0.2, 0) is 27.5 Å². The van der Waals surface area contributed by atoms with Gasteiger partial charge in [0, 0.05) is 26.8 Å². The Kier molecular flexibility index (Phi) is 2.96. The van der Waals surface area contributed by atoms with Crippen molar-refractivity contribution >= 4 is 0 Å². The van der Waals surface area contributed by atoms with Crippen LogP contribution >= 0.6 is 0 Å². The molecular formula is C5H7N2Re-. The van der Waals surface area contributed by atoms with Gasteiger partial charge in [0.05, 0.1) is 0 Å². The van der Waals surface area contributed by atoms with E-state index in [1.54, 1.807) is 4.57 Å². The van der Waals surface area contributed by atoms with Gasteiger partial charge in [-0.1, -0.05) is 6.92 Å². The number of imidazole rings is 1. The Hall–Kier alpha value is -0.128. The molecule has 0 atom stereocenters. The molecule has 3 heteroatoms. The Bertz CT molecular complexity index is 143. The number of hydrogen-bond acceptors (Lipinski definition) is 1. The molecule has 0 aliphatic heterocycles. The average molecular weight is 281 g/mol. The van der Waals surface area contributed by atoms with Crippen LogP contribution in [0.1, 0.15) is 5.69 Å². The van der Waals surface area contributed by atoms with Crippen molar-refractivity contribution in [1.29, 1.82) is 0 Å². The molecule has 1 rings (SSSR count). The van der Waals surface area contributed by atoms with Crippen LogP contribution in [0.5, 0.6) is 0 Å². The molecule has 1 aromatic heterocycles. The Morgan fingerprint density at radius 1 is 1.75 bits per heavy atom. The monoisotopic (exact) mass is 282 g/mol. The summed E-state index contributed by atoms with van der Waals surface area (Å²) in [6, 6.07) is 0. The molecular weight excluding hydrogens is 274 g/mol. The maximum absolute atomic E-state index is 3.85. The molecule has 0 aliphatic carbocycles. The minimum absolute atomic E-state index is 0. The van der Waals surface area contributed by atoms with Gasteiger partial charge in [0.2, 0.25) is 0 Å². The minimum Gasteiger partial charge on any atom is -0.456 e. The third-order valence-electron chi connectivity index (χ3n) is 0.765. The van der Waals surface area contributed by atoms with Crippen molar-refractivity contribution in [3.05, 3.63) is 18.2 Å². The second kappa shape index (κ2) is 3.01. The van der Waals surface area contributed by atoms with Crippen molar-refractivity contribution in [2.45, 2.75) is 6.92 Å². The summed E-state index contributed by atoms with van der Waals surface area (Å²) in [6.45, 7) is 1.94. The summed E-state index contributed by atoms with van der Waals surface area (Å²) in [4.78, 5) is 3.85. The van der Waals surface area contributed by atoms with Crippen molar-refractivity contribution in [2.75, 3.05) is 0 Å². The number of rotatable bonds is 0. The predicted molar refractivity (Wildman–Crippen MR) is 26.8 cm³/mol. The van der Waals surface area contributed by atoms with E-state index in [0.717, 1.165) is 5.69 Å². The molecule has 0 saturated carbocycles. The van der Waals surface area contributed by atoms with E-state index in [0.29, 0.717) is 0 Å². The van der Waals surface area contributed by atoms with Crippen LogP contribution in [0, 0.1) is 13.3 Å². The molecule has 1 aromatic rings. The summed E-state index contributed by atoms with van der Waals surface area (Å²) >= 11 is 0. The third-order valence-corrected chi connectivity index (χ3v) is 0.765. The fourth-order valence-corrected chi connectivity index (χ4v) is 0.496. The predicted octanol–water partition coefficient (Wildman–Crippen LogP) is 0.526. The number of hydrogen-bond donors (Lipinski definition) is 0. The van der Waals surface area contributed by atoms with Crippen LogP contribution in [0.4, 0.5) is 0 Å². The van der Waals surface area contributed by atoms with E-state index in [-0.39, 0.29) is 20.4 Å². The first kappa shape index (κ1) is 7.87. The van der Waals surface area contributed by atoms with Gasteiger partial charge in [-0.05, 0) is 7.05 Å². The molecule has 0 aromatic carbocycles. The summed E-state index contributed by atoms with van der Waals surface area (Å²) < 4.78 is 1.80. The molecule has 0 saturated heterocycles. The normalized spacial score (nSPS) is 8.25. The first-order valence-corrected chi connectivity index (χ1v) is 2.16. The van der Waals surface area contributed by atoms with Crippen molar-refractivity contribution in [3.8, 4) is 0 Å². The fourth-order valence-electron chi connectivity index (χ4n) is 0.496. The van der Waals surface area contributed by atoms with Crippen molar-refractivity contribution in [1.82, 2.24) is 9.55 Å². The zero-order valence-corrected chi connectivity index (χ0v) is 7.57. The second-order valence-electron chi connectivity index (χ2n) is 1.59. The molecule has 0 spiro atoms. The quantitative estimate of drug-likeness (QED) is 0.634. The van der Waals surface area contributed by atoms with E-state index in [2.05, 4.69) is 11.3 Å². The average Bonchev–Trinajstić information content (AvgIpc) is 1.87. The molecule has 0 unspecified atom stereocenters. The first-order valence-electron chi connectivity index (χ1n) is 2.16. The molecule has 1 heterocycles. The van der Waals surface area contributed by atoms with Gasteiger partial charge in [-0.3, -0.25) is 0 Å². The zero-order valence-electron chi connectivity index (χ0n) is 4.85. The fraction of sp³-hybridized carbons (Fsp3) is 0.400. The van der Waals surface area contributed by atoms with E-state index in [1.807, 2.05) is 20.2 Å². The molecule has 0 amide bonds. The zero-order chi connectivity index (χ0) is 5.28. The van der Waals surface area contributed by atoms with Crippen LogP contribution < -0.4 is 0 Å². The number of aryl methyl sites for hydroxylation is 2. The van der Waals surface area contributed by atoms with E-state index >= 15 is 0 Å². The maximum atomic E-state index is 3.85. The van der Waals surface area contributed by atoms with Crippen molar-refractivity contribution in [2.24, 2.45) is 7.05 Å². The smallest absolute Gasteiger partial charge is 0.000455 e. The largest absolute Gasteiger partial charge is 0.456 e. The van der Waals surface area contributed by atoms with E-state index in [4.69, 9.17) is 0 Å². The Morgan fingerprint density at radius 3 is 2.50 bits per heavy atom. The minimum atomic E-state index is 0. The van der Waals surface area contributed by atoms with Gasteiger partial charge in [-0.25, -0.2) is 0 Å². The molecule has 0 bridgehead atoms. The van der Waals surface area contributed by atoms with Gasteiger partial charge in [0.15, 0.2) is 0 Å². The van der Waals surface area contributed by atoms with Crippen LogP contribution in [-0.4, -0.2) is 9.55 Å². The van der Waals surface area contributed by atoms with Crippen LogP contribution in [0.15, 0.2) is 6.20 Å². The van der Waals surface area contributed by atoms with Gasteiger partial charge in [-0.2, -0.15) is 0 Å². The molecule has 8 heavy (non-hydrogen) atoms. The van der Waals surface area contributed by atoms with Gasteiger partial charge < -0.3 is 9.55 Å². The van der Waals surface area contributed by atoms with Gasteiger partial charge in [-0.15, -0.1) is 11.9 Å². The molecule has 0 fully saturated rings. The van der Waals surface area contributed by atoms with Crippen LogP contribution in [0.25, 0.3) is 0 Å². The van der Waals surface area contributed by atoms with E-state index in [1.165, 1.54) is 0 Å². The topological polar surface area (TPSA) is 17.8 Å². The molecule has 0 N–H and O–H groups in total. The first-order chi connectivity index (χ1) is 3.29. The van der Waals surface area contributed by atoms with Gasteiger partial charge >= 0.3 is 0 Å². The van der Waals surface area contributed by atoms with Crippen molar-refractivity contribution < 1.29 is 20.4 Å². The summed E-state index contributed by atoms with van der Waals surface area (Å²) in [5, 5.41) is 0. The SMILES string of the molecule is Cc1cn(C)[c-]n1.[Re]. The van der Waals surface area contributed by atoms with Crippen LogP contribution in [0.3, 0.4) is 0 Å². The summed E-state index contributed by atoms with van der Waals surface area (Å²) in [7, 11) is 1.90. The standard InChI is InChI=1S/C5H7N2.Re/c1-5-3-7(2)4-6-5;/h3H,1-2H3;/q-1;. The second-order valence-corrected chi connectivity index (χ2v) is 1.59. The van der Waals surface area contributed by atoms with Gasteiger partial charge in [0.1, 0.15) is 0 Å². The molecule has 45 valence electrons. The van der Waals surface area contributed by atoms with E-state index < -0.39 is 0 Å². The van der Waals surface area contributed by atoms with E-state index in [9.17, 15) is 0 Å². The summed E-state index contributed by atoms with van der Waals surface area (Å²) in [5.74, 6) is 0. The third kappa shape index (κ3) is 1.77.